The Morgan fingerprint density at radius 3 is 2.80 bits per heavy atom. The van der Waals surface area contributed by atoms with E-state index in [4.69, 9.17) is 0 Å². The summed E-state index contributed by atoms with van der Waals surface area (Å²) in [5, 5.41) is 5.86. The van der Waals surface area contributed by atoms with Crippen molar-refractivity contribution >= 4 is 34.6 Å². The zero-order valence-electron chi connectivity index (χ0n) is 13.9. The lowest BCUT2D eigenvalue weighted by molar-refractivity contribution is -0.121. The number of hydrazone groups is 1. The van der Waals surface area contributed by atoms with E-state index in [1.165, 1.54) is 40.9 Å². The highest BCUT2D eigenvalue weighted by atomic mass is 32.1. The maximum absolute atomic E-state index is 12.3. The van der Waals surface area contributed by atoms with Crippen LogP contribution in [0.5, 0.6) is 0 Å². The molecule has 0 spiro atoms. The van der Waals surface area contributed by atoms with Crippen molar-refractivity contribution in [1.29, 1.82) is 0 Å². The molecule has 0 saturated heterocycles. The number of nitrogens with one attached hydrogen (secondary N) is 1. The molecule has 0 aliphatic heterocycles. The molecule has 1 N–H and O–H groups in total. The fourth-order valence-electron chi connectivity index (χ4n) is 2.39. The Morgan fingerprint density at radius 1 is 1.36 bits per heavy atom. The van der Waals surface area contributed by atoms with Crippen LogP contribution in [-0.4, -0.2) is 30.8 Å². The van der Waals surface area contributed by atoms with Gasteiger partial charge in [0.1, 0.15) is 6.54 Å². The van der Waals surface area contributed by atoms with E-state index in [0.717, 1.165) is 15.0 Å². The molecule has 130 valence electrons. The Kier molecular flexibility index (Phi) is 4.36. The molecule has 9 nitrogen and oxygen atoms in total. The van der Waals surface area contributed by atoms with Crippen LogP contribution in [-0.2, 0) is 25.4 Å². The molecule has 3 aromatic heterocycles. The smallest absolute Gasteiger partial charge is 0.315 e. The number of imidazole rings is 1. The van der Waals surface area contributed by atoms with Crippen LogP contribution in [0.2, 0.25) is 0 Å². The van der Waals surface area contributed by atoms with E-state index < -0.39 is 17.2 Å². The summed E-state index contributed by atoms with van der Waals surface area (Å²) in [6.07, 6.45) is 2.94. The molecule has 0 aliphatic rings. The Balaban J connectivity index is 1.83. The third kappa shape index (κ3) is 3.03. The largest absolute Gasteiger partial charge is 0.332 e. The number of carbonyl (C=O) groups excluding carboxylic acids is 1. The summed E-state index contributed by atoms with van der Waals surface area (Å²) in [6, 6.07) is 1.96. The van der Waals surface area contributed by atoms with Gasteiger partial charge in [-0.05, 0) is 23.9 Å². The van der Waals surface area contributed by atoms with Crippen LogP contribution in [0.25, 0.3) is 11.2 Å². The van der Waals surface area contributed by atoms with Gasteiger partial charge in [-0.2, -0.15) is 5.10 Å². The van der Waals surface area contributed by atoms with Crippen LogP contribution in [0.4, 0.5) is 0 Å². The minimum Gasteiger partial charge on any atom is -0.315 e. The zero-order chi connectivity index (χ0) is 18.1. The standard InChI is InChI=1S/C15H16N6O3S/c1-9-4-5-25-10(9)6-17-18-11(22)7-21-8-16-13-12(21)14(23)20(3)15(24)19(13)2/h4-6,8H,7H2,1-3H3,(H,18,22)/b17-6-. The average molecular weight is 360 g/mol. The first kappa shape index (κ1) is 16.8. The van der Waals surface area contributed by atoms with Crippen molar-refractivity contribution in [3.63, 3.8) is 0 Å². The van der Waals surface area contributed by atoms with E-state index in [-0.39, 0.29) is 17.7 Å². The summed E-state index contributed by atoms with van der Waals surface area (Å²) in [5.74, 6) is -0.402. The van der Waals surface area contributed by atoms with Crippen LogP contribution in [0, 0.1) is 6.92 Å². The maximum Gasteiger partial charge on any atom is 0.332 e. The Labute approximate surface area is 145 Å². The van der Waals surface area contributed by atoms with E-state index in [1.807, 2.05) is 18.4 Å². The molecule has 0 radical (unpaired) electrons. The monoisotopic (exact) mass is 360 g/mol. The number of amides is 1. The zero-order valence-corrected chi connectivity index (χ0v) is 14.7. The van der Waals surface area contributed by atoms with Gasteiger partial charge in [-0.25, -0.2) is 15.2 Å². The Morgan fingerprint density at radius 2 is 2.12 bits per heavy atom. The minimum atomic E-state index is -0.499. The molecular weight excluding hydrogens is 344 g/mol. The maximum atomic E-state index is 12.3. The minimum absolute atomic E-state index is 0.134. The van der Waals surface area contributed by atoms with Gasteiger partial charge in [0, 0.05) is 19.0 Å². The number of rotatable bonds is 4. The lowest BCUT2D eigenvalue weighted by atomic mass is 10.3. The molecule has 0 saturated carbocycles. The number of thiophene rings is 1. The molecule has 0 unspecified atom stereocenters. The lowest BCUT2D eigenvalue weighted by Gasteiger charge is -2.05. The fraction of sp³-hybridized carbons (Fsp3) is 0.267. The molecule has 0 aromatic carbocycles. The van der Waals surface area contributed by atoms with Gasteiger partial charge in [0.2, 0.25) is 0 Å². The second-order valence-corrected chi connectivity index (χ2v) is 6.46. The molecule has 0 fully saturated rings. The van der Waals surface area contributed by atoms with Gasteiger partial charge in [0.15, 0.2) is 11.2 Å². The predicted octanol–water partition coefficient (Wildman–Crippen LogP) is -0.0461. The van der Waals surface area contributed by atoms with Crippen LogP contribution >= 0.6 is 11.3 Å². The van der Waals surface area contributed by atoms with Crippen LogP contribution in [0.15, 0.2) is 32.5 Å². The van der Waals surface area contributed by atoms with E-state index in [1.54, 1.807) is 6.21 Å². The lowest BCUT2D eigenvalue weighted by Crippen LogP contribution is -2.38. The third-order valence-electron chi connectivity index (χ3n) is 3.80. The molecular formula is C15H16N6O3S. The van der Waals surface area contributed by atoms with Gasteiger partial charge in [-0.3, -0.25) is 18.7 Å². The first-order valence-corrected chi connectivity index (χ1v) is 8.25. The van der Waals surface area contributed by atoms with Crippen molar-refractivity contribution in [2.75, 3.05) is 0 Å². The molecule has 0 atom stereocenters. The molecule has 3 heterocycles. The van der Waals surface area contributed by atoms with Crippen LogP contribution in [0.3, 0.4) is 0 Å². The molecule has 0 bridgehead atoms. The highest BCUT2D eigenvalue weighted by Crippen LogP contribution is 2.12. The van der Waals surface area contributed by atoms with E-state index in [0.29, 0.717) is 0 Å². The van der Waals surface area contributed by atoms with Crippen molar-refractivity contribution in [3.8, 4) is 0 Å². The van der Waals surface area contributed by atoms with E-state index in [2.05, 4.69) is 15.5 Å². The first-order valence-electron chi connectivity index (χ1n) is 7.37. The molecule has 0 aliphatic carbocycles. The summed E-state index contributed by atoms with van der Waals surface area (Å²) in [7, 11) is 2.91. The number of hydrogen-bond acceptors (Lipinski definition) is 6. The SMILES string of the molecule is Cc1ccsc1/C=N\NC(=O)Cn1cnc2c1c(=O)n(C)c(=O)n2C. The van der Waals surface area contributed by atoms with Crippen LogP contribution in [0.1, 0.15) is 10.4 Å². The number of aryl methyl sites for hydroxylation is 2. The summed E-state index contributed by atoms with van der Waals surface area (Å²) < 4.78 is 3.65. The first-order chi connectivity index (χ1) is 11.9. The second-order valence-electron chi connectivity index (χ2n) is 5.51. The topological polar surface area (TPSA) is 103 Å². The average Bonchev–Trinajstić information content (AvgIpc) is 3.18. The molecule has 10 heteroatoms. The molecule has 3 aromatic rings. The normalized spacial score (nSPS) is 11.5. The number of carbonyl (C=O) groups is 1. The Bertz CT molecular complexity index is 1100. The highest BCUT2D eigenvalue weighted by molar-refractivity contribution is 7.11. The van der Waals surface area contributed by atoms with Gasteiger partial charge in [-0.1, -0.05) is 0 Å². The van der Waals surface area contributed by atoms with E-state index >= 15 is 0 Å². The van der Waals surface area contributed by atoms with Gasteiger partial charge >= 0.3 is 5.69 Å². The van der Waals surface area contributed by atoms with Crippen molar-refractivity contribution in [1.82, 2.24) is 24.1 Å². The van der Waals surface area contributed by atoms with Crippen molar-refractivity contribution in [2.45, 2.75) is 13.5 Å². The second kappa shape index (κ2) is 6.48. The molecule has 1 amide bonds. The van der Waals surface area contributed by atoms with Crippen molar-refractivity contribution < 1.29 is 4.79 Å². The van der Waals surface area contributed by atoms with Crippen molar-refractivity contribution in [2.24, 2.45) is 19.2 Å². The van der Waals surface area contributed by atoms with Gasteiger partial charge in [-0.15, -0.1) is 11.3 Å². The molecule has 25 heavy (non-hydrogen) atoms. The Hall–Kier alpha value is -3.01. The number of fused-ring (bicyclic) bond motifs is 1. The van der Waals surface area contributed by atoms with Gasteiger partial charge in [0.25, 0.3) is 11.5 Å². The van der Waals surface area contributed by atoms with Crippen LogP contribution < -0.4 is 16.7 Å². The van der Waals surface area contributed by atoms with Gasteiger partial charge < -0.3 is 4.57 Å². The van der Waals surface area contributed by atoms with E-state index in [9.17, 15) is 14.4 Å². The quantitative estimate of drug-likeness (QED) is 0.520. The third-order valence-corrected chi connectivity index (χ3v) is 4.76. The summed E-state index contributed by atoms with van der Waals surface area (Å²) in [5.41, 5.74) is 2.96. The summed E-state index contributed by atoms with van der Waals surface area (Å²) in [4.78, 5) is 41.3. The molecule has 3 rings (SSSR count). The number of hydrogen-bond donors (Lipinski definition) is 1. The van der Waals surface area contributed by atoms with Gasteiger partial charge in [0.05, 0.1) is 12.5 Å². The number of aromatic nitrogens is 4. The summed E-state index contributed by atoms with van der Waals surface area (Å²) >= 11 is 1.52. The van der Waals surface area contributed by atoms with Crippen molar-refractivity contribution in [3.05, 3.63) is 49.1 Å². The summed E-state index contributed by atoms with van der Waals surface area (Å²) in [6.45, 7) is 1.82. The fourth-order valence-corrected chi connectivity index (χ4v) is 3.17. The highest BCUT2D eigenvalue weighted by Gasteiger charge is 2.15. The predicted molar refractivity (Wildman–Crippen MR) is 95.0 cm³/mol. The number of nitrogens with zero attached hydrogens (tertiary/aromatic N) is 5.